The summed E-state index contributed by atoms with van der Waals surface area (Å²) in [5, 5.41) is 12.1. The summed E-state index contributed by atoms with van der Waals surface area (Å²) in [6, 6.07) is 7.97. The Morgan fingerprint density at radius 2 is 2.15 bits per heavy atom. The highest BCUT2D eigenvalue weighted by Gasteiger charge is 2.27. The average Bonchev–Trinajstić information content (AvgIpc) is 2.50. The molecule has 0 saturated heterocycles. The van der Waals surface area contributed by atoms with Crippen LogP contribution in [0.1, 0.15) is 36.4 Å². The Hall–Kier alpha value is -1.39. The lowest BCUT2D eigenvalue weighted by Crippen LogP contribution is -2.42. The van der Waals surface area contributed by atoms with Crippen molar-refractivity contribution in [1.82, 2.24) is 10.2 Å². The maximum absolute atomic E-state index is 12.5. The lowest BCUT2D eigenvalue weighted by atomic mass is 9.93. The summed E-state index contributed by atoms with van der Waals surface area (Å²) >= 11 is 0. The Bertz CT molecular complexity index is 448. The molecule has 0 aliphatic carbocycles. The summed E-state index contributed by atoms with van der Waals surface area (Å²) in [7, 11) is 1.86. The molecule has 0 spiro atoms. The second-order valence-electron chi connectivity index (χ2n) is 5.38. The Balaban J connectivity index is 1.96. The summed E-state index contributed by atoms with van der Waals surface area (Å²) in [5.41, 5.74) is 2.39. The van der Waals surface area contributed by atoms with Gasteiger partial charge in [-0.25, -0.2) is 0 Å². The maximum atomic E-state index is 12.5. The van der Waals surface area contributed by atoms with Gasteiger partial charge in [-0.05, 0) is 36.8 Å². The summed E-state index contributed by atoms with van der Waals surface area (Å²) in [6.07, 6.45) is 3.70. The van der Waals surface area contributed by atoms with Crippen LogP contribution in [-0.2, 0) is 11.2 Å². The molecule has 1 aromatic carbocycles. The van der Waals surface area contributed by atoms with E-state index in [-0.39, 0.29) is 18.6 Å². The number of nitrogens with zero attached hydrogens (tertiary/aromatic N) is 1. The predicted molar refractivity (Wildman–Crippen MR) is 79.5 cm³/mol. The number of amides is 1. The first-order valence-corrected chi connectivity index (χ1v) is 7.41. The van der Waals surface area contributed by atoms with Crippen LogP contribution in [0.2, 0.25) is 0 Å². The molecule has 0 radical (unpaired) electrons. The van der Waals surface area contributed by atoms with E-state index in [1.165, 1.54) is 5.56 Å². The molecular weight excluding hydrogens is 252 g/mol. The fraction of sp³-hybridized carbons (Fsp3) is 0.562. The molecule has 1 atom stereocenters. The van der Waals surface area contributed by atoms with E-state index in [0.29, 0.717) is 0 Å². The standard InChI is InChI=1S/C16H24N2O2/c1-18(11-5-2-6-12-19)16(20)15-14-8-4-3-7-13(14)9-10-17-15/h3-4,7-8,15,17,19H,2,5-6,9-12H2,1H3. The summed E-state index contributed by atoms with van der Waals surface area (Å²) in [6.45, 7) is 1.83. The third-order valence-corrected chi connectivity index (χ3v) is 3.88. The first-order valence-electron chi connectivity index (χ1n) is 7.41. The number of hydrogen-bond acceptors (Lipinski definition) is 3. The maximum Gasteiger partial charge on any atom is 0.244 e. The Morgan fingerprint density at radius 3 is 2.95 bits per heavy atom. The van der Waals surface area contributed by atoms with E-state index in [0.717, 1.165) is 44.3 Å². The summed E-state index contributed by atoms with van der Waals surface area (Å²) in [5.74, 6) is 0.140. The molecule has 110 valence electrons. The van der Waals surface area contributed by atoms with E-state index >= 15 is 0 Å². The minimum absolute atomic E-state index is 0.140. The number of aliphatic hydroxyl groups is 1. The van der Waals surface area contributed by atoms with Gasteiger partial charge in [-0.3, -0.25) is 4.79 Å². The highest BCUT2D eigenvalue weighted by molar-refractivity contribution is 5.83. The number of rotatable bonds is 6. The normalized spacial score (nSPS) is 17.6. The second kappa shape index (κ2) is 7.41. The molecule has 0 aromatic heterocycles. The molecule has 2 N–H and O–H groups in total. The number of carbonyl (C=O) groups is 1. The zero-order valence-electron chi connectivity index (χ0n) is 12.1. The van der Waals surface area contributed by atoms with Gasteiger partial charge in [0.15, 0.2) is 0 Å². The largest absolute Gasteiger partial charge is 0.396 e. The molecule has 2 rings (SSSR count). The van der Waals surface area contributed by atoms with E-state index in [9.17, 15) is 4.79 Å². The molecule has 1 unspecified atom stereocenters. The average molecular weight is 276 g/mol. The quantitative estimate of drug-likeness (QED) is 0.774. The number of carbonyl (C=O) groups excluding carboxylic acids is 1. The SMILES string of the molecule is CN(CCCCCO)C(=O)C1NCCc2ccccc21. The van der Waals surface area contributed by atoms with Crippen molar-refractivity contribution in [2.45, 2.75) is 31.7 Å². The van der Waals surface area contributed by atoms with Crippen molar-refractivity contribution in [3.63, 3.8) is 0 Å². The van der Waals surface area contributed by atoms with Gasteiger partial charge in [-0.15, -0.1) is 0 Å². The molecule has 1 amide bonds. The van der Waals surface area contributed by atoms with Gasteiger partial charge in [-0.2, -0.15) is 0 Å². The Kier molecular flexibility index (Phi) is 5.56. The van der Waals surface area contributed by atoms with Crippen LogP contribution >= 0.6 is 0 Å². The fourth-order valence-electron chi connectivity index (χ4n) is 2.69. The van der Waals surface area contributed by atoms with Gasteiger partial charge in [0.25, 0.3) is 0 Å². The summed E-state index contributed by atoms with van der Waals surface area (Å²) in [4.78, 5) is 14.3. The Labute approximate surface area is 120 Å². The van der Waals surface area contributed by atoms with Crippen LogP contribution in [-0.4, -0.2) is 42.7 Å². The van der Waals surface area contributed by atoms with Crippen LogP contribution in [0, 0.1) is 0 Å². The smallest absolute Gasteiger partial charge is 0.244 e. The van der Waals surface area contributed by atoms with E-state index < -0.39 is 0 Å². The van der Waals surface area contributed by atoms with Crippen molar-refractivity contribution < 1.29 is 9.90 Å². The lowest BCUT2D eigenvalue weighted by molar-refractivity contribution is -0.132. The van der Waals surface area contributed by atoms with Crippen LogP contribution in [0.4, 0.5) is 0 Å². The van der Waals surface area contributed by atoms with Gasteiger partial charge in [0, 0.05) is 26.7 Å². The number of hydrogen-bond donors (Lipinski definition) is 2. The Morgan fingerprint density at radius 1 is 1.35 bits per heavy atom. The molecule has 1 aromatic rings. The molecule has 1 aliphatic rings. The van der Waals surface area contributed by atoms with Gasteiger partial charge >= 0.3 is 0 Å². The molecule has 1 heterocycles. The third-order valence-electron chi connectivity index (χ3n) is 3.88. The third kappa shape index (κ3) is 3.58. The van der Waals surface area contributed by atoms with Gasteiger partial charge in [-0.1, -0.05) is 24.3 Å². The van der Waals surface area contributed by atoms with E-state index in [4.69, 9.17) is 5.11 Å². The minimum Gasteiger partial charge on any atom is -0.396 e. The lowest BCUT2D eigenvalue weighted by Gasteiger charge is -2.29. The van der Waals surface area contributed by atoms with Crippen molar-refractivity contribution in [1.29, 1.82) is 0 Å². The van der Waals surface area contributed by atoms with E-state index in [2.05, 4.69) is 11.4 Å². The molecule has 4 heteroatoms. The van der Waals surface area contributed by atoms with Gasteiger partial charge in [0.05, 0.1) is 0 Å². The van der Waals surface area contributed by atoms with Crippen molar-refractivity contribution >= 4 is 5.91 Å². The second-order valence-corrected chi connectivity index (χ2v) is 5.38. The molecule has 0 bridgehead atoms. The van der Waals surface area contributed by atoms with Crippen LogP contribution in [0.5, 0.6) is 0 Å². The highest BCUT2D eigenvalue weighted by Crippen LogP contribution is 2.24. The van der Waals surface area contributed by atoms with Crippen molar-refractivity contribution in [3.05, 3.63) is 35.4 Å². The molecule has 1 aliphatic heterocycles. The zero-order valence-corrected chi connectivity index (χ0v) is 12.1. The zero-order chi connectivity index (χ0) is 14.4. The van der Waals surface area contributed by atoms with Crippen LogP contribution in [0.15, 0.2) is 24.3 Å². The number of unbranched alkanes of at least 4 members (excludes halogenated alkanes) is 2. The monoisotopic (exact) mass is 276 g/mol. The van der Waals surface area contributed by atoms with E-state index in [1.54, 1.807) is 4.90 Å². The predicted octanol–water partition coefficient (Wildman–Crippen LogP) is 1.49. The first-order chi connectivity index (χ1) is 9.74. The number of benzene rings is 1. The first kappa shape index (κ1) is 15.0. The molecule has 20 heavy (non-hydrogen) atoms. The molecular formula is C16H24N2O2. The number of aliphatic hydroxyl groups excluding tert-OH is 1. The van der Waals surface area contributed by atoms with Gasteiger partial charge < -0.3 is 15.3 Å². The number of fused-ring (bicyclic) bond motifs is 1. The van der Waals surface area contributed by atoms with E-state index in [1.807, 2.05) is 25.2 Å². The molecule has 0 saturated carbocycles. The summed E-state index contributed by atoms with van der Waals surface area (Å²) < 4.78 is 0. The minimum atomic E-state index is -0.206. The molecule has 4 nitrogen and oxygen atoms in total. The van der Waals surface area contributed by atoms with Crippen molar-refractivity contribution in [2.24, 2.45) is 0 Å². The van der Waals surface area contributed by atoms with Crippen LogP contribution in [0.25, 0.3) is 0 Å². The van der Waals surface area contributed by atoms with Gasteiger partial charge in [0.2, 0.25) is 5.91 Å². The van der Waals surface area contributed by atoms with Crippen molar-refractivity contribution in [3.8, 4) is 0 Å². The molecule has 0 fully saturated rings. The fourth-order valence-corrected chi connectivity index (χ4v) is 2.69. The number of likely N-dealkylation sites (N-methyl/N-ethyl adjacent to an activating group) is 1. The van der Waals surface area contributed by atoms with Crippen LogP contribution < -0.4 is 5.32 Å². The van der Waals surface area contributed by atoms with Crippen LogP contribution in [0.3, 0.4) is 0 Å². The van der Waals surface area contributed by atoms with Gasteiger partial charge in [0.1, 0.15) is 6.04 Å². The highest BCUT2D eigenvalue weighted by atomic mass is 16.2. The topological polar surface area (TPSA) is 52.6 Å². The van der Waals surface area contributed by atoms with Crippen molar-refractivity contribution in [2.75, 3.05) is 26.7 Å². The number of nitrogens with one attached hydrogen (secondary N) is 1.